The first-order valence-corrected chi connectivity index (χ1v) is 12.9. The summed E-state index contributed by atoms with van der Waals surface area (Å²) in [6.45, 7) is 4.34. The number of benzene rings is 2. The standard InChI is InChI=1S/C25H31FN4O2S.2ClH/c1-29(23-8-6-22(26)7-9-23)14-3-15-30-16-11-20(12-17-30)18-28-33(31,32)25-5-2-4-21-19-27-13-10-24(21)25;;/h2,4-10,13,19-20,28H,3,11-12,14-18H2,1H3;2*1H. The average Bonchev–Trinajstić information content (AvgIpc) is 2.83. The minimum atomic E-state index is -3.57. The first-order valence-electron chi connectivity index (χ1n) is 11.4. The van der Waals surface area contributed by atoms with E-state index in [0.717, 1.165) is 56.5 Å². The Morgan fingerprint density at radius 3 is 2.51 bits per heavy atom. The van der Waals surface area contributed by atoms with Gasteiger partial charge in [0.05, 0.1) is 4.90 Å². The van der Waals surface area contributed by atoms with E-state index >= 15 is 0 Å². The van der Waals surface area contributed by atoms with Crippen LogP contribution in [0.15, 0.2) is 65.8 Å². The Labute approximate surface area is 219 Å². The van der Waals surface area contributed by atoms with E-state index in [1.54, 1.807) is 42.7 Å². The molecule has 1 saturated heterocycles. The molecule has 0 spiro atoms. The van der Waals surface area contributed by atoms with E-state index in [1.165, 1.54) is 12.1 Å². The first-order chi connectivity index (χ1) is 15.9. The van der Waals surface area contributed by atoms with Crippen molar-refractivity contribution in [3.63, 3.8) is 0 Å². The molecule has 0 radical (unpaired) electrons. The molecule has 1 aliphatic rings. The Bertz CT molecular complexity index is 1170. The largest absolute Gasteiger partial charge is 0.375 e. The molecule has 6 nitrogen and oxygen atoms in total. The second kappa shape index (κ2) is 13.4. The van der Waals surface area contributed by atoms with Gasteiger partial charge in [0.2, 0.25) is 10.0 Å². The molecule has 0 amide bonds. The van der Waals surface area contributed by atoms with Gasteiger partial charge < -0.3 is 9.80 Å². The number of anilines is 1. The van der Waals surface area contributed by atoms with Crippen molar-refractivity contribution in [3.05, 3.63) is 66.7 Å². The van der Waals surface area contributed by atoms with Gasteiger partial charge >= 0.3 is 0 Å². The van der Waals surface area contributed by atoms with Gasteiger partial charge in [0.15, 0.2) is 0 Å². The van der Waals surface area contributed by atoms with Crippen LogP contribution in [0.3, 0.4) is 0 Å². The highest BCUT2D eigenvalue weighted by Crippen LogP contribution is 2.23. The summed E-state index contributed by atoms with van der Waals surface area (Å²) in [5.41, 5.74) is 1.02. The summed E-state index contributed by atoms with van der Waals surface area (Å²) in [6.07, 6.45) is 6.29. The zero-order valence-corrected chi connectivity index (χ0v) is 22.2. The van der Waals surface area contributed by atoms with Crippen LogP contribution in [0.5, 0.6) is 0 Å². The molecule has 2 aromatic carbocycles. The molecule has 35 heavy (non-hydrogen) atoms. The third kappa shape index (κ3) is 7.75. The molecule has 2 heterocycles. The van der Waals surface area contributed by atoms with E-state index in [0.29, 0.717) is 22.7 Å². The van der Waals surface area contributed by atoms with E-state index in [4.69, 9.17) is 0 Å². The van der Waals surface area contributed by atoms with Gasteiger partial charge in [-0.25, -0.2) is 17.5 Å². The third-order valence-electron chi connectivity index (χ3n) is 6.43. The Hall–Kier alpha value is -1.97. The molecule has 4 rings (SSSR count). The second-order valence-corrected chi connectivity index (χ2v) is 10.5. The van der Waals surface area contributed by atoms with Crippen molar-refractivity contribution in [2.24, 2.45) is 5.92 Å². The number of hydrogen-bond acceptors (Lipinski definition) is 5. The second-order valence-electron chi connectivity index (χ2n) is 8.74. The van der Waals surface area contributed by atoms with E-state index in [2.05, 4.69) is 19.5 Å². The Balaban J connectivity index is 0.00000216. The normalized spacial score (nSPS) is 14.8. The van der Waals surface area contributed by atoms with Gasteiger partial charge in [0, 0.05) is 49.0 Å². The average molecular weight is 544 g/mol. The van der Waals surface area contributed by atoms with Crippen LogP contribution in [0, 0.1) is 11.7 Å². The lowest BCUT2D eigenvalue weighted by Crippen LogP contribution is -2.39. The van der Waals surface area contributed by atoms with Gasteiger partial charge in [0.25, 0.3) is 0 Å². The number of sulfonamides is 1. The molecule has 1 N–H and O–H groups in total. The number of aromatic nitrogens is 1. The van der Waals surface area contributed by atoms with Crippen molar-refractivity contribution in [3.8, 4) is 0 Å². The lowest BCUT2D eigenvalue weighted by Gasteiger charge is -2.32. The summed E-state index contributed by atoms with van der Waals surface area (Å²) in [5.74, 6) is 0.126. The predicted molar refractivity (Wildman–Crippen MR) is 145 cm³/mol. The maximum absolute atomic E-state index is 13.1. The Morgan fingerprint density at radius 1 is 1.09 bits per heavy atom. The smallest absolute Gasteiger partial charge is 0.241 e. The summed E-state index contributed by atoms with van der Waals surface area (Å²) in [7, 11) is -1.55. The molecule has 192 valence electrons. The Kier molecular flexibility index (Phi) is 11.2. The molecule has 0 saturated carbocycles. The molecule has 0 unspecified atom stereocenters. The predicted octanol–water partition coefficient (Wildman–Crippen LogP) is 4.73. The summed E-state index contributed by atoms with van der Waals surface area (Å²) in [6, 6.07) is 13.6. The van der Waals surface area contributed by atoms with Crippen molar-refractivity contribution < 1.29 is 12.8 Å². The van der Waals surface area contributed by atoms with Crippen molar-refractivity contribution in [2.75, 3.05) is 44.7 Å². The highest BCUT2D eigenvalue weighted by molar-refractivity contribution is 7.89. The van der Waals surface area contributed by atoms with Crippen molar-refractivity contribution in [1.82, 2.24) is 14.6 Å². The number of halogens is 3. The van der Waals surface area contributed by atoms with Gasteiger partial charge in [-0.15, -0.1) is 24.8 Å². The minimum absolute atomic E-state index is 0. The molecule has 3 aromatic rings. The van der Waals surface area contributed by atoms with Gasteiger partial charge in [0.1, 0.15) is 5.82 Å². The van der Waals surface area contributed by atoms with Crippen molar-refractivity contribution >= 4 is 51.3 Å². The van der Waals surface area contributed by atoms with E-state index in [1.807, 2.05) is 13.1 Å². The van der Waals surface area contributed by atoms with E-state index in [-0.39, 0.29) is 30.6 Å². The molecular weight excluding hydrogens is 510 g/mol. The topological polar surface area (TPSA) is 65.5 Å². The van der Waals surface area contributed by atoms with Crippen molar-refractivity contribution in [2.45, 2.75) is 24.2 Å². The van der Waals surface area contributed by atoms with E-state index < -0.39 is 10.0 Å². The maximum Gasteiger partial charge on any atom is 0.241 e. The number of hydrogen-bond donors (Lipinski definition) is 1. The minimum Gasteiger partial charge on any atom is -0.375 e. The number of nitrogens with zero attached hydrogens (tertiary/aromatic N) is 3. The molecule has 0 atom stereocenters. The molecule has 10 heteroatoms. The highest BCUT2D eigenvalue weighted by atomic mass is 35.5. The van der Waals surface area contributed by atoms with Crippen LogP contribution < -0.4 is 9.62 Å². The van der Waals surface area contributed by atoms with Crippen LogP contribution in [0.25, 0.3) is 10.8 Å². The number of fused-ring (bicyclic) bond motifs is 1. The third-order valence-corrected chi connectivity index (χ3v) is 7.92. The van der Waals surface area contributed by atoms with Gasteiger partial charge in [-0.3, -0.25) is 4.98 Å². The molecule has 1 aliphatic heterocycles. The van der Waals surface area contributed by atoms with Crippen LogP contribution >= 0.6 is 24.8 Å². The highest BCUT2D eigenvalue weighted by Gasteiger charge is 2.23. The fraction of sp³-hybridized carbons (Fsp3) is 0.400. The van der Waals surface area contributed by atoms with Gasteiger partial charge in [-0.1, -0.05) is 12.1 Å². The van der Waals surface area contributed by atoms with Crippen LogP contribution in [-0.4, -0.2) is 58.1 Å². The molecule has 0 aliphatic carbocycles. The van der Waals surface area contributed by atoms with Crippen molar-refractivity contribution in [1.29, 1.82) is 0 Å². The summed E-state index contributed by atoms with van der Waals surface area (Å²) < 4.78 is 41.8. The number of nitrogens with one attached hydrogen (secondary N) is 1. The summed E-state index contributed by atoms with van der Waals surface area (Å²) in [4.78, 5) is 8.97. The molecule has 1 fully saturated rings. The number of rotatable bonds is 9. The lowest BCUT2D eigenvalue weighted by molar-refractivity contribution is 0.184. The summed E-state index contributed by atoms with van der Waals surface area (Å²) >= 11 is 0. The number of piperidine rings is 1. The monoisotopic (exact) mass is 542 g/mol. The number of pyridine rings is 1. The molecule has 1 aromatic heterocycles. The zero-order chi connectivity index (χ0) is 23.3. The fourth-order valence-electron chi connectivity index (χ4n) is 4.40. The molecule has 0 bridgehead atoms. The summed E-state index contributed by atoms with van der Waals surface area (Å²) in [5, 5.41) is 1.51. The lowest BCUT2D eigenvalue weighted by atomic mass is 9.97. The fourth-order valence-corrected chi connectivity index (χ4v) is 5.75. The van der Waals surface area contributed by atoms with Crippen LogP contribution in [0.1, 0.15) is 19.3 Å². The Morgan fingerprint density at radius 2 is 1.80 bits per heavy atom. The first kappa shape index (κ1) is 29.3. The van der Waals surface area contributed by atoms with Gasteiger partial charge in [-0.2, -0.15) is 0 Å². The number of likely N-dealkylation sites (tertiary alicyclic amines) is 1. The van der Waals surface area contributed by atoms with Gasteiger partial charge in [-0.05, 0) is 81.2 Å². The SMILES string of the molecule is CN(CCCN1CCC(CNS(=O)(=O)c2cccc3cnccc23)CC1)c1ccc(F)cc1.Cl.Cl. The quantitative estimate of drug-likeness (QED) is 0.423. The van der Waals surface area contributed by atoms with Crippen LogP contribution in [0.2, 0.25) is 0 Å². The van der Waals surface area contributed by atoms with E-state index in [9.17, 15) is 12.8 Å². The van der Waals surface area contributed by atoms with Crippen LogP contribution in [0.4, 0.5) is 10.1 Å². The molecular formula is C25H33Cl2FN4O2S. The van der Waals surface area contributed by atoms with Crippen LogP contribution in [-0.2, 0) is 10.0 Å². The maximum atomic E-state index is 13.1. The zero-order valence-electron chi connectivity index (χ0n) is 19.8.